The van der Waals surface area contributed by atoms with Crippen LogP contribution in [0.5, 0.6) is 5.75 Å². The molecular weight excluding hydrogens is 358 g/mol. The van der Waals surface area contributed by atoms with Gasteiger partial charge in [0.15, 0.2) is 0 Å². The number of hydrogen-bond acceptors (Lipinski definition) is 5. The summed E-state index contributed by atoms with van der Waals surface area (Å²) in [5, 5.41) is 3.92. The Balaban J connectivity index is 1.57. The smallest absolute Gasteiger partial charge is 0.271 e. The molecule has 0 fully saturated rings. The molecule has 7 nitrogen and oxygen atoms in total. The highest BCUT2D eigenvalue weighted by molar-refractivity contribution is 6.28. The Morgan fingerprint density at radius 2 is 1.68 bits per heavy atom. The fourth-order valence-corrected chi connectivity index (χ4v) is 2.45. The topological polar surface area (TPSA) is 88.1 Å². The van der Waals surface area contributed by atoms with E-state index in [9.17, 15) is 14.4 Å². The predicted molar refractivity (Wildman–Crippen MR) is 105 cm³/mol. The molecule has 0 bridgehead atoms. The van der Waals surface area contributed by atoms with Gasteiger partial charge in [-0.2, -0.15) is 5.10 Å². The number of imide groups is 1. The maximum atomic E-state index is 12.2. The molecule has 2 aromatic carbocycles. The van der Waals surface area contributed by atoms with E-state index in [1.54, 1.807) is 30.3 Å². The lowest BCUT2D eigenvalue weighted by Gasteiger charge is -2.13. The molecular formula is C21H17N3O4. The molecule has 0 radical (unpaired) electrons. The normalized spacial score (nSPS) is 13.2. The minimum atomic E-state index is -0.411. The first-order valence-electron chi connectivity index (χ1n) is 8.42. The summed E-state index contributed by atoms with van der Waals surface area (Å²) in [7, 11) is 0. The highest BCUT2D eigenvalue weighted by Crippen LogP contribution is 2.19. The zero-order valence-corrected chi connectivity index (χ0v) is 14.9. The summed E-state index contributed by atoms with van der Waals surface area (Å²) in [5.74, 6) is -0.516. The molecule has 0 aromatic heterocycles. The van der Waals surface area contributed by atoms with Crippen molar-refractivity contribution in [2.24, 2.45) is 5.10 Å². The number of ether oxygens (including phenoxy) is 1. The van der Waals surface area contributed by atoms with Crippen LogP contribution < -0.4 is 15.1 Å². The number of benzene rings is 2. The molecule has 1 N–H and O–H groups in total. The van der Waals surface area contributed by atoms with Gasteiger partial charge in [-0.25, -0.2) is 10.3 Å². The molecule has 0 aliphatic carbocycles. The van der Waals surface area contributed by atoms with Gasteiger partial charge in [-0.15, -0.1) is 0 Å². The maximum absolute atomic E-state index is 12.2. The molecule has 1 heterocycles. The second kappa shape index (κ2) is 8.59. The Kier molecular flexibility index (Phi) is 5.76. The fraction of sp³-hybridized carbons (Fsp3) is 0.0476. The van der Waals surface area contributed by atoms with Crippen molar-refractivity contribution in [3.63, 3.8) is 0 Å². The van der Waals surface area contributed by atoms with Gasteiger partial charge in [0.25, 0.3) is 17.7 Å². The average molecular weight is 375 g/mol. The van der Waals surface area contributed by atoms with E-state index in [0.29, 0.717) is 23.6 Å². The monoisotopic (exact) mass is 375 g/mol. The lowest BCUT2D eigenvalue weighted by Crippen LogP contribution is -2.29. The first kappa shape index (κ1) is 18.8. The summed E-state index contributed by atoms with van der Waals surface area (Å²) in [6.07, 6.45) is 5.58. The molecule has 28 heavy (non-hydrogen) atoms. The number of amides is 3. The summed E-state index contributed by atoms with van der Waals surface area (Å²) in [6.45, 7) is 4.01. The van der Waals surface area contributed by atoms with Crippen LogP contribution in [-0.2, 0) is 9.59 Å². The van der Waals surface area contributed by atoms with Gasteiger partial charge in [0, 0.05) is 17.7 Å². The zero-order valence-electron chi connectivity index (χ0n) is 14.9. The predicted octanol–water partition coefficient (Wildman–Crippen LogP) is 2.44. The van der Waals surface area contributed by atoms with E-state index in [1.165, 1.54) is 42.6 Å². The Hall–Kier alpha value is -4.00. The van der Waals surface area contributed by atoms with E-state index in [1.807, 2.05) is 0 Å². The lowest BCUT2D eigenvalue weighted by atomic mass is 10.2. The molecule has 0 atom stereocenters. The van der Waals surface area contributed by atoms with Gasteiger partial charge in [0.2, 0.25) is 0 Å². The van der Waals surface area contributed by atoms with E-state index in [2.05, 4.69) is 17.1 Å². The van der Waals surface area contributed by atoms with E-state index >= 15 is 0 Å². The minimum Gasteiger partial charge on any atom is -0.490 e. The standard InChI is InChI=1S/C21H17N3O4/c1-2-13-28-18-9-3-15(4-10-18)14-22-23-21(27)16-5-7-17(8-6-16)24-19(25)11-12-20(24)26/h2-12,14H,1,13H2,(H,23,27)/b22-14+. The van der Waals surface area contributed by atoms with Crippen LogP contribution in [0, 0.1) is 0 Å². The van der Waals surface area contributed by atoms with E-state index < -0.39 is 17.7 Å². The lowest BCUT2D eigenvalue weighted by molar-refractivity contribution is -0.119. The fourth-order valence-electron chi connectivity index (χ4n) is 2.45. The third-order valence-corrected chi connectivity index (χ3v) is 3.82. The Labute approximate surface area is 161 Å². The Bertz CT molecular complexity index is 942. The molecule has 1 aliphatic rings. The van der Waals surface area contributed by atoms with Gasteiger partial charge in [0.1, 0.15) is 12.4 Å². The second-order valence-electron chi connectivity index (χ2n) is 5.76. The highest BCUT2D eigenvalue weighted by Gasteiger charge is 2.25. The van der Waals surface area contributed by atoms with Crippen molar-refractivity contribution in [3.05, 3.63) is 84.5 Å². The number of hydrazone groups is 1. The summed E-state index contributed by atoms with van der Waals surface area (Å²) < 4.78 is 5.39. The number of rotatable bonds is 7. The van der Waals surface area contributed by atoms with E-state index in [-0.39, 0.29) is 0 Å². The van der Waals surface area contributed by atoms with Gasteiger partial charge >= 0.3 is 0 Å². The summed E-state index contributed by atoms with van der Waals surface area (Å²) in [4.78, 5) is 36.5. The van der Waals surface area contributed by atoms with Gasteiger partial charge in [-0.05, 0) is 54.1 Å². The van der Waals surface area contributed by atoms with Crippen molar-refractivity contribution in [1.29, 1.82) is 0 Å². The SMILES string of the molecule is C=CCOc1ccc(/C=N/NC(=O)c2ccc(N3C(=O)C=CC3=O)cc2)cc1. The third-order valence-electron chi connectivity index (χ3n) is 3.82. The minimum absolute atomic E-state index is 0.348. The number of anilines is 1. The van der Waals surface area contributed by atoms with Crippen LogP contribution in [0.3, 0.4) is 0 Å². The summed E-state index contributed by atoms with van der Waals surface area (Å²) in [6, 6.07) is 13.3. The maximum Gasteiger partial charge on any atom is 0.271 e. The number of nitrogens with zero attached hydrogens (tertiary/aromatic N) is 2. The quantitative estimate of drug-likeness (QED) is 0.348. The number of nitrogens with one attached hydrogen (secondary N) is 1. The summed E-state index contributed by atoms with van der Waals surface area (Å²) in [5.41, 5.74) is 3.97. The molecule has 0 unspecified atom stereocenters. The first-order valence-corrected chi connectivity index (χ1v) is 8.42. The molecule has 0 saturated carbocycles. The molecule has 0 spiro atoms. The van der Waals surface area contributed by atoms with Crippen LogP contribution in [0.25, 0.3) is 0 Å². The zero-order chi connectivity index (χ0) is 19.9. The van der Waals surface area contributed by atoms with Gasteiger partial charge in [0.05, 0.1) is 11.9 Å². The van der Waals surface area contributed by atoms with Crippen molar-refractivity contribution in [1.82, 2.24) is 5.43 Å². The number of carbonyl (C=O) groups excluding carboxylic acids is 3. The molecule has 7 heteroatoms. The van der Waals surface area contributed by atoms with Crippen LogP contribution in [0.15, 0.2) is 78.4 Å². The molecule has 3 amide bonds. The van der Waals surface area contributed by atoms with Gasteiger partial charge < -0.3 is 4.74 Å². The van der Waals surface area contributed by atoms with Crippen LogP contribution in [0.1, 0.15) is 15.9 Å². The van der Waals surface area contributed by atoms with Crippen LogP contribution in [0.2, 0.25) is 0 Å². The second-order valence-corrected chi connectivity index (χ2v) is 5.76. The van der Waals surface area contributed by atoms with E-state index in [0.717, 1.165) is 10.5 Å². The molecule has 2 aromatic rings. The molecule has 3 rings (SSSR count). The van der Waals surface area contributed by atoms with Crippen LogP contribution in [-0.4, -0.2) is 30.5 Å². The molecule has 140 valence electrons. The average Bonchev–Trinajstić information content (AvgIpc) is 3.05. The Morgan fingerprint density at radius 3 is 2.29 bits per heavy atom. The summed E-state index contributed by atoms with van der Waals surface area (Å²) >= 11 is 0. The van der Waals surface area contributed by atoms with Crippen molar-refractivity contribution < 1.29 is 19.1 Å². The highest BCUT2D eigenvalue weighted by atomic mass is 16.5. The van der Waals surface area contributed by atoms with E-state index in [4.69, 9.17) is 4.74 Å². The van der Waals surface area contributed by atoms with Crippen molar-refractivity contribution in [2.75, 3.05) is 11.5 Å². The van der Waals surface area contributed by atoms with Crippen molar-refractivity contribution in [3.8, 4) is 5.75 Å². The van der Waals surface area contributed by atoms with Crippen molar-refractivity contribution >= 4 is 29.6 Å². The first-order chi connectivity index (χ1) is 13.6. The van der Waals surface area contributed by atoms with Crippen LogP contribution >= 0.6 is 0 Å². The van der Waals surface area contributed by atoms with Crippen molar-refractivity contribution in [2.45, 2.75) is 0 Å². The molecule has 1 aliphatic heterocycles. The largest absolute Gasteiger partial charge is 0.490 e. The van der Waals surface area contributed by atoms with Crippen LogP contribution in [0.4, 0.5) is 5.69 Å². The number of hydrogen-bond donors (Lipinski definition) is 1. The number of carbonyl (C=O) groups is 3. The molecule has 0 saturated heterocycles. The van der Waals surface area contributed by atoms with Gasteiger partial charge in [-0.1, -0.05) is 12.7 Å². The third kappa shape index (κ3) is 4.39. The Morgan fingerprint density at radius 1 is 1.04 bits per heavy atom. The van der Waals surface area contributed by atoms with Gasteiger partial charge in [-0.3, -0.25) is 14.4 Å².